The zero-order valence-corrected chi connectivity index (χ0v) is 11.7. The van der Waals surface area contributed by atoms with Crippen LogP contribution in [0.15, 0.2) is 18.2 Å². The van der Waals surface area contributed by atoms with E-state index >= 15 is 0 Å². The van der Waals surface area contributed by atoms with Crippen LogP contribution in [0.2, 0.25) is 0 Å². The molecule has 0 saturated carbocycles. The second-order valence-corrected chi connectivity index (χ2v) is 5.24. The highest BCUT2D eigenvalue weighted by molar-refractivity contribution is 5.93. The zero-order chi connectivity index (χ0) is 13.8. The van der Waals surface area contributed by atoms with E-state index in [-0.39, 0.29) is 11.8 Å². The summed E-state index contributed by atoms with van der Waals surface area (Å²) in [4.78, 5) is 13.8. The first kappa shape index (κ1) is 13.9. The molecule has 0 aliphatic carbocycles. The number of fused-ring (bicyclic) bond motifs is 1. The smallest absolute Gasteiger partial charge is 0.227 e. The Morgan fingerprint density at radius 2 is 2.32 bits per heavy atom. The van der Waals surface area contributed by atoms with Gasteiger partial charge in [-0.1, -0.05) is 6.92 Å². The molecule has 19 heavy (non-hydrogen) atoms. The minimum atomic E-state index is 0.106. The van der Waals surface area contributed by atoms with Gasteiger partial charge in [0.15, 0.2) is 0 Å². The lowest BCUT2D eigenvalue weighted by Crippen LogP contribution is -2.29. The molecule has 1 amide bonds. The summed E-state index contributed by atoms with van der Waals surface area (Å²) in [7, 11) is 1.82. The van der Waals surface area contributed by atoms with Crippen LogP contribution >= 0.6 is 0 Å². The number of anilines is 1. The number of nitrogens with zero attached hydrogens (tertiary/aromatic N) is 1. The average molecular weight is 262 g/mol. The molecule has 104 valence electrons. The Hall–Kier alpha value is -1.55. The molecule has 1 aliphatic rings. The summed E-state index contributed by atoms with van der Waals surface area (Å²) >= 11 is 0. The third-order valence-electron chi connectivity index (χ3n) is 3.58. The summed E-state index contributed by atoms with van der Waals surface area (Å²) in [6, 6.07) is 5.95. The Bertz CT molecular complexity index is 459. The Labute approximate surface area is 114 Å². The first-order valence-electron chi connectivity index (χ1n) is 6.84. The highest BCUT2D eigenvalue weighted by atomic mass is 16.5. The molecule has 0 bridgehead atoms. The van der Waals surface area contributed by atoms with Gasteiger partial charge in [-0.25, -0.2) is 0 Å². The van der Waals surface area contributed by atoms with Crippen molar-refractivity contribution >= 4 is 11.6 Å². The van der Waals surface area contributed by atoms with E-state index in [1.165, 1.54) is 5.56 Å². The van der Waals surface area contributed by atoms with E-state index < -0.39 is 0 Å². The van der Waals surface area contributed by atoms with Crippen molar-refractivity contribution in [2.45, 2.75) is 26.2 Å². The molecule has 0 aromatic heterocycles. The highest BCUT2D eigenvalue weighted by Gasteiger charge is 2.17. The lowest BCUT2D eigenvalue weighted by atomic mass is 10.0. The number of carbonyl (C=O) groups is 1. The van der Waals surface area contributed by atoms with Gasteiger partial charge in [0.1, 0.15) is 5.75 Å². The van der Waals surface area contributed by atoms with Crippen LogP contribution in [0.5, 0.6) is 5.75 Å². The van der Waals surface area contributed by atoms with Crippen molar-refractivity contribution in [3.63, 3.8) is 0 Å². The van der Waals surface area contributed by atoms with Gasteiger partial charge in [0.05, 0.1) is 6.61 Å². The summed E-state index contributed by atoms with van der Waals surface area (Å²) in [5, 5.41) is 0. The van der Waals surface area contributed by atoms with Gasteiger partial charge < -0.3 is 15.4 Å². The Kier molecular flexibility index (Phi) is 4.43. The molecule has 1 aromatic carbocycles. The Balaban J connectivity index is 2.10. The number of nitrogens with two attached hydrogens (primary N) is 1. The van der Waals surface area contributed by atoms with Gasteiger partial charge in [-0.05, 0) is 49.1 Å². The van der Waals surface area contributed by atoms with E-state index in [9.17, 15) is 4.79 Å². The zero-order valence-electron chi connectivity index (χ0n) is 11.7. The van der Waals surface area contributed by atoms with Crippen molar-refractivity contribution in [1.82, 2.24) is 0 Å². The molecule has 4 heteroatoms. The van der Waals surface area contributed by atoms with E-state index in [0.717, 1.165) is 30.9 Å². The minimum absolute atomic E-state index is 0.106. The lowest BCUT2D eigenvalue weighted by molar-refractivity contribution is -0.119. The van der Waals surface area contributed by atoms with Gasteiger partial charge in [-0.15, -0.1) is 0 Å². The normalized spacial score (nSPS) is 15.3. The van der Waals surface area contributed by atoms with Gasteiger partial charge in [0.2, 0.25) is 5.91 Å². The standard InChI is InChI=1S/C15H22N2O2/c1-11(10-16)8-15(18)17(2)13-5-6-14-12(9-13)4-3-7-19-14/h5-6,9,11H,3-4,7-8,10,16H2,1-2H3. The van der Waals surface area contributed by atoms with E-state index in [1.807, 2.05) is 26.1 Å². The number of rotatable bonds is 4. The molecule has 4 nitrogen and oxygen atoms in total. The summed E-state index contributed by atoms with van der Waals surface area (Å²) in [6.45, 7) is 3.32. The van der Waals surface area contributed by atoms with E-state index in [4.69, 9.17) is 10.5 Å². The Morgan fingerprint density at radius 3 is 3.05 bits per heavy atom. The van der Waals surface area contributed by atoms with Crippen LogP contribution in [0, 0.1) is 5.92 Å². The van der Waals surface area contributed by atoms with Crippen LogP contribution in [0.1, 0.15) is 25.3 Å². The second-order valence-electron chi connectivity index (χ2n) is 5.24. The fraction of sp³-hybridized carbons (Fsp3) is 0.533. The monoisotopic (exact) mass is 262 g/mol. The van der Waals surface area contributed by atoms with Crippen molar-refractivity contribution in [3.8, 4) is 5.75 Å². The molecule has 2 rings (SSSR count). The lowest BCUT2D eigenvalue weighted by Gasteiger charge is -2.23. The topological polar surface area (TPSA) is 55.6 Å². The maximum Gasteiger partial charge on any atom is 0.227 e. The third kappa shape index (κ3) is 3.26. The number of hydrogen-bond acceptors (Lipinski definition) is 3. The summed E-state index contributed by atoms with van der Waals surface area (Å²) < 4.78 is 5.58. The van der Waals surface area contributed by atoms with Gasteiger partial charge in [-0.3, -0.25) is 4.79 Å². The van der Waals surface area contributed by atoms with Crippen LogP contribution in [0.4, 0.5) is 5.69 Å². The van der Waals surface area contributed by atoms with Gasteiger partial charge >= 0.3 is 0 Å². The SMILES string of the molecule is CC(CN)CC(=O)N(C)c1ccc2c(c1)CCCO2. The molecule has 1 aromatic rings. The predicted molar refractivity (Wildman–Crippen MR) is 76.5 cm³/mol. The maximum atomic E-state index is 12.1. The van der Waals surface area contributed by atoms with Gasteiger partial charge in [0, 0.05) is 19.2 Å². The fourth-order valence-electron chi connectivity index (χ4n) is 2.22. The van der Waals surface area contributed by atoms with E-state index in [1.54, 1.807) is 4.90 Å². The number of carbonyl (C=O) groups excluding carboxylic acids is 1. The van der Waals surface area contributed by atoms with Crippen molar-refractivity contribution in [2.75, 3.05) is 25.1 Å². The molecule has 0 saturated heterocycles. The van der Waals surface area contributed by atoms with Gasteiger partial charge in [-0.2, -0.15) is 0 Å². The second kappa shape index (κ2) is 6.06. The number of ether oxygens (including phenoxy) is 1. The largest absolute Gasteiger partial charge is 0.493 e. The molecule has 1 heterocycles. The van der Waals surface area contributed by atoms with Crippen molar-refractivity contribution in [1.29, 1.82) is 0 Å². The molecule has 2 N–H and O–H groups in total. The fourth-order valence-corrected chi connectivity index (χ4v) is 2.22. The molecule has 0 spiro atoms. The van der Waals surface area contributed by atoms with Crippen LogP contribution in [-0.4, -0.2) is 26.1 Å². The molecular weight excluding hydrogens is 240 g/mol. The van der Waals surface area contributed by atoms with E-state index in [2.05, 4.69) is 6.07 Å². The summed E-state index contributed by atoms with van der Waals surface area (Å²) in [5.41, 5.74) is 7.68. The van der Waals surface area contributed by atoms with Crippen molar-refractivity contribution in [3.05, 3.63) is 23.8 Å². The number of aryl methyl sites for hydroxylation is 1. The molecule has 0 fully saturated rings. The maximum absolute atomic E-state index is 12.1. The number of amides is 1. The molecule has 1 atom stereocenters. The first-order chi connectivity index (χ1) is 9.11. The van der Waals surface area contributed by atoms with E-state index in [0.29, 0.717) is 13.0 Å². The summed E-state index contributed by atoms with van der Waals surface area (Å²) in [6.07, 6.45) is 2.54. The van der Waals surface area contributed by atoms with Crippen molar-refractivity contribution in [2.24, 2.45) is 11.7 Å². The van der Waals surface area contributed by atoms with Gasteiger partial charge in [0.25, 0.3) is 0 Å². The van der Waals surface area contributed by atoms with Crippen molar-refractivity contribution < 1.29 is 9.53 Å². The van der Waals surface area contributed by atoms with Crippen LogP contribution in [-0.2, 0) is 11.2 Å². The molecule has 0 radical (unpaired) electrons. The first-order valence-corrected chi connectivity index (χ1v) is 6.84. The third-order valence-corrected chi connectivity index (χ3v) is 3.58. The molecule has 1 unspecified atom stereocenters. The molecular formula is C15H22N2O2. The Morgan fingerprint density at radius 1 is 1.53 bits per heavy atom. The van der Waals surface area contributed by atoms with Crippen LogP contribution < -0.4 is 15.4 Å². The minimum Gasteiger partial charge on any atom is -0.493 e. The highest BCUT2D eigenvalue weighted by Crippen LogP contribution is 2.29. The van der Waals surface area contributed by atoms with Crippen LogP contribution in [0.3, 0.4) is 0 Å². The van der Waals surface area contributed by atoms with Crippen LogP contribution in [0.25, 0.3) is 0 Å². The number of benzene rings is 1. The number of hydrogen-bond donors (Lipinski definition) is 1. The molecule has 1 aliphatic heterocycles. The average Bonchev–Trinajstić information content (AvgIpc) is 2.45. The predicted octanol–water partition coefficient (Wildman–Crippen LogP) is 1.96. The summed E-state index contributed by atoms with van der Waals surface area (Å²) in [5.74, 6) is 1.27. The quantitative estimate of drug-likeness (QED) is 0.902.